The third kappa shape index (κ3) is 4.58. The number of aromatic nitrogens is 2. The zero-order valence-electron chi connectivity index (χ0n) is 19.8. The van der Waals surface area contributed by atoms with Gasteiger partial charge in [0.05, 0.1) is 23.1 Å². The minimum atomic E-state index is -0.122. The Balaban J connectivity index is 1.39. The molecule has 3 heterocycles. The molecule has 0 saturated carbocycles. The lowest BCUT2D eigenvalue weighted by molar-refractivity contribution is 0.103. The van der Waals surface area contributed by atoms with Crippen LogP contribution < -0.4 is 19.9 Å². The molecule has 2 aromatic carbocycles. The van der Waals surface area contributed by atoms with Crippen molar-refractivity contribution in [2.45, 2.75) is 13.8 Å². The van der Waals surface area contributed by atoms with Gasteiger partial charge >= 0.3 is 0 Å². The average Bonchev–Trinajstić information content (AvgIpc) is 3.22. The Morgan fingerprint density at radius 1 is 1.06 bits per heavy atom. The predicted octanol–water partition coefficient (Wildman–Crippen LogP) is 5.66. The standard InChI is InChI=1S/C26H26BrN5O2S/c1-16-14-18(27)8-9-19(16)30-25(33)23-17(2)22-24(28-15-29-26(22)35-23)32-12-10-31(11-13-32)20-6-4-5-7-21(20)34-3/h4-9,14-15H,10-13H2,1-3H3,(H,30,33). The minimum absolute atomic E-state index is 0.122. The number of amides is 1. The van der Waals surface area contributed by atoms with E-state index >= 15 is 0 Å². The minimum Gasteiger partial charge on any atom is -0.495 e. The lowest BCUT2D eigenvalue weighted by atomic mass is 10.1. The Kier molecular flexibility index (Phi) is 6.62. The molecule has 7 nitrogen and oxygen atoms in total. The van der Waals surface area contributed by atoms with Crippen LogP contribution in [0.25, 0.3) is 10.2 Å². The summed E-state index contributed by atoms with van der Waals surface area (Å²) in [4.78, 5) is 28.5. The summed E-state index contributed by atoms with van der Waals surface area (Å²) >= 11 is 4.89. The summed E-state index contributed by atoms with van der Waals surface area (Å²) in [7, 11) is 1.71. The Morgan fingerprint density at radius 2 is 1.80 bits per heavy atom. The average molecular weight is 552 g/mol. The molecular weight excluding hydrogens is 526 g/mol. The van der Waals surface area contributed by atoms with E-state index in [0.717, 1.165) is 74.9 Å². The maximum absolute atomic E-state index is 13.2. The van der Waals surface area contributed by atoms with Gasteiger partial charge in [-0.25, -0.2) is 9.97 Å². The maximum Gasteiger partial charge on any atom is 0.266 e. The van der Waals surface area contributed by atoms with Gasteiger partial charge < -0.3 is 19.9 Å². The number of methoxy groups -OCH3 is 1. The molecule has 0 aliphatic carbocycles. The van der Waals surface area contributed by atoms with Gasteiger partial charge in [0.25, 0.3) is 5.91 Å². The summed E-state index contributed by atoms with van der Waals surface area (Å²) in [6.07, 6.45) is 1.60. The Labute approximate surface area is 216 Å². The Hall–Kier alpha value is -3.17. The molecule has 35 heavy (non-hydrogen) atoms. The number of fused-ring (bicyclic) bond motifs is 1. The molecule has 180 valence electrons. The van der Waals surface area contributed by atoms with Gasteiger partial charge in [-0.2, -0.15) is 0 Å². The number of thiophene rings is 1. The number of piperazine rings is 1. The maximum atomic E-state index is 13.2. The number of halogens is 1. The van der Waals surface area contributed by atoms with Crippen molar-refractivity contribution in [3.63, 3.8) is 0 Å². The smallest absolute Gasteiger partial charge is 0.266 e. The van der Waals surface area contributed by atoms with E-state index in [1.165, 1.54) is 11.3 Å². The molecule has 1 fully saturated rings. The topological polar surface area (TPSA) is 70.6 Å². The van der Waals surface area contributed by atoms with E-state index in [9.17, 15) is 4.79 Å². The predicted molar refractivity (Wildman–Crippen MR) is 146 cm³/mol. The number of hydrogen-bond acceptors (Lipinski definition) is 7. The molecule has 1 aliphatic heterocycles. The van der Waals surface area contributed by atoms with Crippen LogP contribution >= 0.6 is 27.3 Å². The third-order valence-corrected chi connectivity index (χ3v) is 8.05. The van der Waals surface area contributed by atoms with E-state index in [4.69, 9.17) is 4.74 Å². The third-order valence-electron chi connectivity index (χ3n) is 6.35. The molecule has 0 bridgehead atoms. The van der Waals surface area contributed by atoms with Crippen LogP contribution in [0.1, 0.15) is 20.8 Å². The SMILES string of the molecule is COc1ccccc1N1CCN(c2ncnc3sc(C(=O)Nc4ccc(Br)cc4C)c(C)c23)CC1. The number of ether oxygens (including phenoxy) is 1. The van der Waals surface area contributed by atoms with Gasteiger partial charge in [0.1, 0.15) is 22.7 Å². The fraction of sp³-hybridized carbons (Fsp3) is 0.269. The zero-order chi connectivity index (χ0) is 24.5. The molecule has 5 rings (SSSR count). The van der Waals surface area contributed by atoms with E-state index in [0.29, 0.717) is 4.88 Å². The second-order valence-electron chi connectivity index (χ2n) is 8.49. The second-order valence-corrected chi connectivity index (χ2v) is 10.4. The molecule has 4 aromatic rings. The number of carbonyl (C=O) groups excluding carboxylic acids is 1. The Bertz CT molecular complexity index is 1400. The van der Waals surface area contributed by atoms with E-state index in [2.05, 4.69) is 47.1 Å². The summed E-state index contributed by atoms with van der Waals surface area (Å²) in [5.74, 6) is 1.65. The molecule has 1 N–H and O–H groups in total. The van der Waals surface area contributed by atoms with Crippen LogP contribution in [-0.4, -0.2) is 49.2 Å². The number of hydrogen-bond donors (Lipinski definition) is 1. The first-order valence-electron chi connectivity index (χ1n) is 11.4. The highest BCUT2D eigenvalue weighted by Crippen LogP contribution is 2.36. The van der Waals surface area contributed by atoms with Crippen molar-refractivity contribution in [1.82, 2.24) is 9.97 Å². The number of carbonyl (C=O) groups is 1. The van der Waals surface area contributed by atoms with Gasteiger partial charge in [-0.15, -0.1) is 11.3 Å². The van der Waals surface area contributed by atoms with Crippen LogP contribution in [0, 0.1) is 13.8 Å². The highest BCUT2D eigenvalue weighted by atomic mass is 79.9. The lowest BCUT2D eigenvalue weighted by Crippen LogP contribution is -2.47. The molecule has 0 spiro atoms. The molecule has 1 saturated heterocycles. The highest BCUT2D eigenvalue weighted by Gasteiger charge is 2.25. The first-order valence-corrected chi connectivity index (χ1v) is 13.0. The van der Waals surface area contributed by atoms with Crippen molar-refractivity contribution in [3.8, 4) is 5.75 Å². The quantitative estimate of drug-likeness (QED) is 0.345. The van der Waals surface area contributed by atoms with Crippen LogP contribution in [0.2, 0.25) is 0 Å². The van der Waals surface area contributed by atoms with Crippen LogP contribution in [0.4, 0.5) is 17.2 Å². The number of aryl methyl sites for hydroxylation is 2. The number of benzene rings is 2. The molecule has 0 radical (unpaired) electrons. The van der Waals surface area contributed by atoms with Gasteiger partial charge in [-0.05, 0) is 55.3 Å². The summed E-state index contributed by atoms with van der Waals surface area (Å²) in [5.41, 5.74) is 3.82. The van der Waals surface area contributed by atoms with Crippen LogP contribution in [0.3, 0.4) is 0 Å². The van der Waals surface area contributed by atoms with Crippen molar-refractivity contribution in [2.75, 3.05) is 48.4 Å². The number of para-hydroxylation sites is 2. The number of nitrogens with one attached hydrogen (secondary N) is 1. The molecule has 1 amide bonds. The first kappa shape index (κ1) is 23.6. The summed E-state index contributed by atoms with van der Waals surface area (Å²) in [6, 6.07) is 13.9. The molecule has 1 aliphatic rings. The van der Waals surface area contributed by atoms with E-state index in [1.807, 2.05) is 50.2 Å². The largest absolute Gasteiger partial charge is 0.495 e. The summed E-state index contributed by atoms with van der Waals surface area (Å²) in [6.45, 7) is 7.31. The van der Waals surface area contributed by atoms with Crippen molar-refractivity contribution < 1.29 is 9.53 Å². The lowest BCUT2D eigenvalue weighted by Gasteiger charge is -2.37. The van der Waals surface area contributed by atoms with Gasteiger partial charge in [0, 0.05) is 36.3 Å². The van der Waals surface area contributed by atoms with Crippen LogP contribution in [0.5, 0.6) is 5.75 Å². The van der Waals surface area contributed by atoms with Crippen molar-refractivity contribution in [1.29, 1.82) is 0 Å². The molecule has 0 atom stereocenters. The summed E-state index contributed by atoms with van der Waals surface area (Å²) in [5, 5.41) is 4.02. The molecule has 9 heteroatoms. The van der Waals surface area contributed by atoms with Gasteiger partial charge in [-0.1, -0.05) is 28.1 Å². The van der Waals surface area contributed by atoms with Gasteiger partial charge in [0.2, 0.25) is 0 Å². The van der Waals surface area contributed by atoms with E-state index in [1.54, 1.807) is 13.4 Å². The molecular formula is C26H26BrN5O2S. The monoisotopic (exact) mass is 551 g/mol. The molecule has 2 aromatic heterocycles. The zero-order valence-corrected chi connectivity index (χ0v) is 22.2. The fourth-order valence-electron chi connectivity index (χ4n) is 4.51. The molecule has 0 unspecified atom stereocenters. The first-order chi connectivity index (χ1) is 17.0. The van der Waals surface area contributed by atoms with Crippen LogP contribution in [-0.2, 0) is 0 Å². The van der Waals surface area contributed by atoms with Crippen LogP contribution in [0.15, 0.2) is 53.3 Å². The fourth-order valence-corrected chi connectivity index (χ4v) is 6.02. The normalized spacial score (nSPS) is 13.8. The Morgan fingerprint density at radius 3 is 2.54 bits per heavy atom. The second kappa shape index (κ2) is 9.83. The van der Waals surface area contributed by atoms with E-state index in [-0.39, 0.29) is 5.91 Å². The van der Waals surface area contributed by atoms with Gasteiger partial charge in [-0.3, -0.25) is 4.79 Å². The number of anilines is 3. The summed E-state index contributed by atoms with van der Waals surface area (Å²) < 4.78 is 6.53. The van der Waals surface area contributed by atoms with Crippen molar-refractivity contribution in [3.05, 3.63) is 69.3 Å². The van der Waals surface area contributed by atoms with Crippen molar-refractivity contribution >= 4 is 60.6 Å². The highest BCUT2D eigenvalue weighted by molar-refractivity contribution is 9.10. The van der Waals surface area contributed by atoms with E-state index < -0.39 is 0 Å². The number of nitrogens with zero attached hydrogens (tertiary/aromatic N) is 4. The number of rotatable bonds is 5. The van der Waals surface area contributed by atoms with Crippen molar-refractivity contribution in [2.24, 2.45) is 0 Å². The van der Waals surface area contributed by atoms with Gasteiger partial charge in [0.15, 0.2) is 0 Å².